The Hall–Kier alpha value is -2.48. The zero-order valence-corrected chi connectivity index (χ0v) is 13.9. The standard InChI is InChI=1S/C18H21N3O4/c19-6-8-24-10-11-25-9-7-21-17(22)13-3-1-2-12-15(20)5-4-14(16(12)13)18(21)23/h1-5H,6-11,19-20H2. The van der Waals surface area contributed by atoms with Crippen LogP contribution < -0.4 is 11.5 Å². The second-order valence-corrected chi connectivity index (χ2v) is 5.71. The summed E-state index contributed by atoms with van der Waals surface area (Å²) in [5.74, 6) is -0.645. The maximum atomic E-state index is 12.7. The Morgan fingerprint density at radius 2 is 1.56 bits per heavy atom. The fraction of sp³-hybridized carbons (Fsp3) is 0.333. The van der Waals surface area contributed by atoms with Crippen LogP contribution in [-0.4, -0.2) is 56.2 Å². The number of rotatable bonds is 8. The number of hydrogen-bond donors (Lipinski definition) is 2. The van der Waals surface area contributed by atoms with Crippen molar-refractivity contribution in [2.75, 3.05) is 45.3 Å². The maximum absolute atomic E-state index is 12.7. The summed E-state index contributed by atoms with van der Waals surface area (Å²) >= 11 is 0. The van der Waals surface area contributed by atoms with Gasteiger partial charge in [0.1, 0.15) is 0 Å². The predicted molar refractivity (Wildman–Crippen MR) is 94.4 cm³/mol. The lowest BCUT2D eigenvalue weighted by Crippen LogP contribution is -2.42. The Bertz CT molecular complexity index is 784. The molecule has 2 aromatic carbocycles. The second-order valence-electron chi connectivity index (χ2n) is 5.71. The third-order valence-electron chi connectivity index (χ3n) is 4.12. The molecule has 0 radical (unpaired) electrons. The molecule has 0 aromatic heterocycles. The van der Waals surface area contributed by atoms with Gasteiger partial charge in [-0.25, -0.2) is 0 Å². The van der Waals surface area contributed by atoms with E-state index in [1.807, 2.05) is 6.07 Å². The van der Waals surface area contributed by atoms with Gasteiger partial charge in [0.05, 0.1) is 33.0 Å². The molecule has 132 valence electrons. The summed E-state index contributed by atoms with van der Waals surface area (Å²) in [6, 6.07) is 8.67. The van der Waals surface area contributed by atoms with Crippen LogP contribution in [0.1, 0.15) is 20.7 Å². The van der Waals surface area contributed by atoms with Gasteiger partial charge in [0.25, 0.3) is 11.8 Å². The molecule has 2 aromatic rings. The number of nitrogens with two attached hydrogens (primary N) is 2. The molecule has 0 atom stereocenters. The molecule has 0 saturated heterocycles. The number of nitrogens with zero attached hydrogens (tertiary/aromatic N) is 1. The molecule has 7 nitrogen and oxygen atoms in total. The summed E-state index contributed by atoms with van der Waals surface area (Å²) < 4.78 is 10.6. The number of carbonyl (C=O) groups excluding carboxylic acids is 2. The average Bonchev–Trinajstić information content (AvgIpc) is 2.62. The summed E-state index contributed by atoms with van der Waals surface area (Å²) in [6.07, 6.45) is 0. The van der Waals surface area contributed by atoms with Crippen molar-refractivity contribution < 1.29 is 19.1 Å². The van der Waals surface area contributed by atoms with E-state index in [-0.39, 0.29) is 25.0 Å². The summed E-state index contributed by atoms with van der Waals surface area (Å²) in [4.78, 5) is 26.6. The van der Waals surface area contributed by atoms with Crippen LogP contribution >= 0.6 is 0 Å². The van der Waals surface area contributed by atoms with Crippen molar-refractivity contribution in [3.8, 4) is 0 Å². The van der Waals surface area contributed by atoms with Gasteiger partial charge in [0.15, 0.2) is 0 Å². The Morgan fingerprint density at radius 1 is 0.880 bits per heavy atom. The van der Waals surface area contributed by atoms with Gasteiger partial charge in [-0.1, -0.05) is 12.1 Å². The van der Waals surface area contributed by atoms with Crippen LogP contribution in [0.25, 0.3) is 10.8 Å². The van der Waals surface area contributed by atoms with E-state index in [0.29, 0.717) is 48.6 Å². The highest BCUT2D eigenvalue weighted by Crippen LogP contribution is 2.32. The molecular formula is C18H21N3O4. The molecule has 0 saturated carbocycles. The molecule has 25 heavy (non-hydrogen) atoms. The van der Waals surface area contributed by atoms with Crippen LogP contribution in [0.4, 0.5) is 5.69 Å². The van der Waals surface area contributed by atoms with Gasteiger partial charge in [-0.15, -0.1) is 0 Å². The second kappa shape index (κ2) is 7.60. The quantitative estimate of drug-likeness (QED) is 0.421. The summed E-state index contributed by atoms with van der Waals surface area (Å²) in [7, 11) is 0. The Kier molecular flexibility index (Phi) is 5.28. The number of imide groups is 1. The first-order valence-electron chi connectivity index (χ1n) is 8.18. The smallest absolute Gasteiger partial charge is 0.261 e. The summed E-state index contributed by atoms with van der Waals surface area (Å²) in [6.45, 7) is 2.21. The first kappa shape index (κ1) is 17.3. The van der Waals surface area contributed by atoms with E-state index in [9.17, 15) is 9.59 Å². The van der Waals surface area contributed by atoms with Crippen molar-refractivity contribution >= 4 is 28.3 Å². The van der Waals surface area contributed by atoms with E-state index in [4.69, 9.17) is 20.9 Å². The molecule has 0 fully saturated rings. The van der Waals surface area contributed by atoms with Crippen molar-refractivity contribution in [2.24, 2.45) is 5.73 Å². The predicted octanol–water partition coefficient (Wildman–Crippen LogP) is 1.01. The van der Waals surface area contributed by atoms with Gasteiger partial charge in [0, 0.05) is 34.1 Å². The lowest BCUT2D eigenvalue weighted by molar-refractivity contribution is 0.0353. The molecule has 0 aliphatic carbocycles. The first-order valence-corrected chi connectivity index (χ1v) is 8.18. The molecule has 3 rings (SSSR count). The van der Waals surface area contributed by atoms with E-state index < -0.39 is 0 Å². The number of amides is 2. The molecule has 0 spiro atoms. The van der Waals surface area contributed by atoms with E-state index >= 15 is 0 Å². The molecule has 4 N–H and O–H groups in total. The van der Waals surface area contributed by atoms with Crippen LogP contribution in [0.5, 0.6) is 0 Å². The monoisotopic (exact) mass is 343 g/mol. The van der Waals surface area contributed by atoms with Crippen LogP contribution in [-0.2, 0) is 9.47 Å². The van der Waals surface area contributed by atoms with Crippen molar-refractivity contribution in [3.05, 3.63) is 41.5 Å². The minimum atomic E-state index is -0.323. The molecule has 7 heteroatoms. The number of hydrogen-bond acceptors (Lipinski definition) is 6. The van der Waals surface area contributed by atoms with Gasteiger partial charge in [-0.05, 0) is 18.2 Å². The summed E-state index contributed by atoms with van der Waals surface area (Å²) in [5.41, 5.74) is 12.8. The maximum Gasteiger partial charge on any atom is 0.261 e. The van der Waals surface area contributed by atoms with Crippen molar-refractivity contribution in [1.82, 2.24) is 4.90 Å². The van der Waals surface area contributed by atoms with Crippen LogP contribution in [0.2, 0.25) is 0 Å². The van der Waals surface area contributed by atoms with Gasteiger partial charge >= 0.3 is 0 Å². The van der Waals surface area contributed by atoms with Crippen LogP contribution in [0.3, 0.4) is 0 Å². The highest BCUT2D eigenvalue weighted by molar-refractivity contribution is 6.26. The SMILES string of the molecule is NCCOCCOCCN1C(=O)c2cccc3c(N)ccc(c23)C1=O. The largest absolute Gasteiger partial charge is 0.398 e. The van der Waals surface area contributed by atoms with Gasteiger partial charge in [-0.3, -0.25) is 14.5 Å². The lowest BCUT2D eigenvalue weighted by Gasteiger charge is -2.27. The zero-order chi connectivity index (χ0) is 17.8. The fourth-order valence-corrected chi connectivity index (χ4v) is 2.93. The fourth-order valence-electron chi connectivity index (χ4n) is 2.93. The Balaban J connectivity index is 1.71. The Morgan fingerprint density at radius 3 is 2.28 bits per heavy atom. The van der Waals surface area contributed by atoms with Crippen molar-refractivity contribution in [3.63, 3.8) is 0 Å². The Labute approximate surface area is 145 Å². The number of carbonyl (C=O) groups is 2. The highest BCUT2D eigenvalue weighted by atomic mass is 16.5. The molecule has 0 bridgehead atoms. The first-order chi connectivity index (χ1) is 12.1. The third-order valence-corrected chi connectivity index (χ3v) is 4.12. The topological polar surface area (TPSA) is 108 Å². The number of anilines is 1. The van der Waals surface area contributed by atoms with Gasteiger partial charge < -0.3 is 20.9 Å². The molecule has 0 unspecified atom stereocenters. The average molecular weight is 343 g/mol. The van der Waals surface area contributed by atoms with E-state index in [2.05, 4.69) is 0 Å². The molecule has 2 amide bonds. The van der Waals surface area contributed by atoms with Gasteiger partial charge in [0.2, 0.25) is 0 Å². The van der Waals surface area contributed by atoms with E-state index in [1.165, 1.54) is 4.90 Å². The van der Waals surface area contributed by atoms with Crippen LogP contribution in [0, 0.1) is 0 Å². The lowest BCUT2D eigenvalue weighted by atomic mass is 9.93. The minimum Gasteiger partial charge on any atom is -0.398 e. The van der Waals surface area contributed by atoms with Crippen molar-refractivity contribution in [2.45, 2.75) is 0 Å². The van der Waals surface area contributed by atoms with E-state index in [1.54, 1.807) is 24.3 Å². The highest BCUT2D eigenvalue weighted by Gasteiger charge is 2.32. The molecule has 1 heterocycles. The van der Waals surface area contributed by atoms with Gasteiger partial charge in [-0.2, -0.15) is 0 Å². The number of benzene rings is 2. The third kappa shape index (κ3) is 3.34. The number of nitrogen functional groups attached to an aromatic ring is 1. The summed E-state index contributed by atoms with van der Waals surface area (Å²) in [5, 5.41) is 1.36. The van der Waals surface area contributed by atoms with Crippen molar-refractivity contribution in [1.29, 1.82) is 0 Å². The van der Waals surface area contributed by atoms with E-state index in [0.717, 1.165) is 5.39 Å². The number of ether oxygens (including phenoxy) is 2. The minimum absolute atomic E-state index is 0.189. The molecule has 1 aliphatic heterocycles. The molecular weight excluding hydrogens is 322 g/mol. The molecule has 1 aliphatic rings. The normalized spacial score (nSPS) is 13.7. The zero-order valence-electron chi connectivity index (χ0n) is 13.9. The van der Waals surface area contributed by atoms with Crippen LogP contribution in [0.15, 0.2) is 30.3 Å².